The van der Waals surface area contributed by atoms with E-state index in [4.69, 9.17) is 47.4 Å². The summed E-state index contributed by atoms with van der Waals surface area (Å²) in [6.45, 7) is 13.5. The van der Waals surface area contributed by atoms with Gasteiger partial charge in [0.25, 0.3) is 0 Å². The number of aliphatic hydroxyl groups is 9. The predicted molar refractivity (Wildman–Crippen MR) is 316 cm³/mol. The van der Waals surface area contributed by atoms with Crippen molar-refractivity contribution in [3.63, 3.8) is 0 Å². The lowest BCUT2D eigenvalue weighted by Crippen LogP contribution is -2.55. The van der Waals surface area contributed by atoms with Crippen molar-refractivity contribution >= 4 is 29.5 Å². The van der Waals surface area contributed by atoms with Crippen LogP contribution >= 0.6 is 0 Å². The second-order valence-electron chi connectivity index (χ2n) is 23.3. The summed E-state index contributed by atoms with van der Waals surface area (Å²) in [6, 6.07) is 0. The molecule has 0 saturated carbocycles. The molecule has 0 bridgehead atoms. The Bertz CT molecular complexity index is 1810. The number of hydrogen-bond acceptors (Lipinski definition) is 24. The maximum atomic E-state index is 12.6. The zero-order valence-corrected chi connectivity index (χ0v) is 53.1. The number of hydrogen-bond donors (Lipinski definition) is 14. The van der Waals surface area contributed by atoms with E-state index in [1.54, 1.807) is 27.8 Å². The molecule has 0 aromatic heterocycles. The zero-order valence-electron chi connectivity index (χ0n) is 53.1. The van der Waals surface area contributed by atoms with Gasteiger partial charge in [0, 0.05) is 102 Å². The van der Waals surface area contributed by atoms with Crippen molar-refractivity contribution in [3.8, 4) is 0 Å². The highest BCUT2D eigenvalue weighted by Gasteiger charge is 2.44. The molecule has 0 aliphatic carbocycles. The third kappa shape index (κ3) is 32.7. The molecule has 516 valence electrons. The largest absolute Gasteiger partial charge is 0.394 e. The molecular weight excluding hydrogens is 1160 g/mol. The molecular formula is C59H111N5O24. The van der Waals surface area contributed by atoms with E-state index in [0.29, 0.717) is 71.5 Å². The van der Waals surface area contributed by atoms with E-state index < -0.39 is 117 Å². The minimum atomic E-state index is -1.22. The monoisotopic (exact) mass is 1270 g/mol. The first kappa shape index (κ1) is 80.7. The zero-order chi connectivity index (χ0) is 65.4. The second-order valence-corrected chi connectivity index (χ2v) is 23.3. The van der Waals surface area contributed by atoms with Gasteiger partial charge >= 0.3 is 0 Å². The molecule has 3 fully saturated rings. The first-order valence-electron chi connectivity index (χ1n) is 31.4. The molecule has 88 heavy (non-hydrogen) atoms. The highest BCUT2D eigenvalue weighted by molar-refractivity contribution is 5.78. The van der Waals surface area contributed by atoms with Crippen LogP contribution in [0.1, 0.15) is 125 Å². The summed E-state index contributed by atoms with van der Waals surface area (Å²) in [4.78, 5) is 59.9. The van der Waals surface area contributed by atoms with Gasteiger partial charge in [0.05, 0.1) is 97.1 Å². The highest BCUT2D eigenvalue weighted by atomic mass is 16.7. The molecule has 6 unspecified atom stereocenters. The maximum Gasteiger partial charge on any atom is 0.222 e. The number of nitrogens with one attached hydrogen (secondary N) is 5. The van der Waals surface area contributed by atoms with Gasteiger partial charge in [0.15, 0.2) is 18.9 Å². The fourth-order valence-electron chi connectivity index (χ4n) is 9.32. The number of amides is 5. The van der Waals surface area contributed by atoms with Crippen LogP contribution in [0.3, 0.4) is 0 Å². The molecule has 0 radical (unpaired) electrons. The Labute approximate surface area is 519 Å². The van der Waals surface area contributed by atoms with Crippen LogP contribution < -0.4 is 26.6 Å². The van der Waals surface area contributed by atoms with Gasteiger partial charge in [0.1, 0.15) is 36.6 Å². The Balaban J connectivity index is 0.00000134. The van der Waals surface area contributed by atoms with Crippen LogP contribution in [0.2, 0.25) is 0 Å². The van der Waals surface area contributed by atoms with Gasteiger partial charge in [-0.25, -0.2) is 0 Å². The molecule has 3 rings (SSSR count). The number of unbranched alkanes of at least 4 members (excludes halogenated alkanes) is 3. The fourth-order valence-corrected chi connectivity index (χ4v) is 9.32. The van der Waals surface area contributed by atoms with Crippen LogP contribution in [0.15, 0.2) is 0 Å². The van der Waals surface area contributed by atoms with E-state index in [2.05, 4.69) is 26.6 Å². The summed E-state index contributed by atoms with van der Waals surface area (Å²) in [5.41, 5.74) is -0.710. The van der Waals surface area contributed by atoms with Gasteiger partial charge in [-0.05, 0) is 52.4 Å². The van der Waals surface area contributed by atoms with E-state index >= 15 is 0 Å². The Morgan fingerprint density at radius 2 is 0.739 bits per heavy atom. The summed E-state index contributed by atoms with van der Waals surface area (Å²) >= 11 is 0. The average Bonchev–Trinajstić information content (AvgIpc) is 3.68. The summed E-state index contributed by atoms with van der Waals surface area (Å²) in [6.07, 6.45) is -5.33. The average molecular weight is 1270 g/mol. The minimum Gasteiger partial charge on any atom is -0.394 e. The summed E-state index contributed by atoms with van der Waals surface area (Å²) in [5, 5.41) is 103. The van der Waals surface area contributed by atoms with Gasteiger partial charge in [-0.15, -0.1) is 0 Å². The van der Waals surface area contributed by atoms with Crippen molar-refractivity contribution in [1.82, 2.24) is 26.6 Å². The standard InChI is InChI=1S/C47H87N3O21.C12H24N2O3/c1-29-38(57)41(60)32(23-51)69-44(29)66-17-8-6-5-7-14-48-35(54)11-20-63-26-47(4,27-64-21-12-36(55)49-15-9-18-67-45-30(2)39(58)42(61)33(24-52)70-45)28-65-22-13-37(56)50-16-10-19-68-46-31(3)40(59)43(62)34(25-53)71-46;1-10(2)17-9-5-8-14-12(16)7-4-6-11(15)13-3/h29-34,38-46,51-53,57-62H,5-28H2,1-4H3,(H,48,54)(H,49,55)(H,50,56);10H,4-9H2,1-3H3,(H,13,15)(H,14,16)/t29?,30?,31?,32?,33?,34?,38-,39-,40-,41+,42+,43+,44-,45-,46-,47?;/m1./s1. The SMILES string of the molecule is CC1[C@H](OCCCCCCNC(=O)CCOCC(C)(COCCC(=O)NCCCO[C@@H]2OC(CO)[C@H](O)[C@H](O)C2C)COCCC(=O)NCCCO[C@@H]2OC(CO)[C@H](O)[C@H](O)C2C)OC(CO)[C@H](O)[C@@H]1O.CNC(=O)CCCC(=O)NCCCOC(C)C. The van der Waals surface area contributed by atoms with Crippen molar-refractivity contribution in [1.29, 1.82) is 0 Å². The minimum absolute atomic E-state index is 0.00144. The lowest BCUT2D eigenvalue weighted by molar-refractivity contribution is -0.282. The van der Waals surface area contributed by atoms with E-state index in [1.807, 2.05) is 20.8 Å². The second kappa shape index (κ2) is 46.6. The van der Waals surface area contributed by atoms with E-state index in [0.717, 1.165) is 32.1 Å². The molecule has 0 spiro atoms. The van der Waals surface area contributed by atoms with Gasteiger partial charge in [-0.1, -0.05) is 40.5 Å². The van der Waals surface area contributed by atoms with Crippen LogP contribution in [0, 0.1) is 23.2 Å². The van der Waals surface area contributed by atoms with Crippen molar-refractivity contribution in [2.24, 2.45) is 23.2 Å². The van der Waals surface area contributed by atoms with Crippen molar-refractivity contribution in [2.45, 2.75) is 205 Å². The molecule has 3 aliphatic rings. The third-order valence-electron chi connectivity index (χ3n) is 15.0. The third-order valence-corrected chi connectivity index (χ3v) is 15.0. The summed E-state index contributed by atoms with van der Waals surface area (Å²) in [7, 11) is 1.59. The number of aliphatic hydroxyl groups excluding tert-OH is 9. The number of carbonyl (C=O) groups is 5. The Hall–Kier alpha value is -3.41. The van der Waals surface area contributed by atoms with Gasteiger partial charge in [-0.2, -0.15) is 0 Å². The molecule has 3 saturated heterocycles. The topological polar surface area (TPSA) is 420 Å². The van der Waals surface area contributed by atoms with Gasteiger partial charge in [-0.3, -0.25) is 24.0 Å². The Kier molecular flexibility index (Phi) is 42.7. The maximum absolute atomic E-state index is 12.6. The Morgan fingerprint density at radius 3 is 1.09 bits per heavy atom. The molecule has 15 atom stereocenters. The van der Waals surface area contributed by atoms with Crippen LogP contribution in [0.4, 0.5) is 0 Å². The molecule has 0 aromatic carbocycles. The lowest BCUT2D eigenvalue weighted by Gasteiger charge is -2.40. The molecule has 14 N–H and O–H groups in total. The van der Waals surface area contributed by atoms with Gasteiger partial charge < -0.3 is 120 Å². The van der Waals surface area contributed by atoms with E-state index in [-0.39, 0.29) is 108 Å². The first-order chi connectivity index (χ1) is 42.0. The molecule has 0 aromatic rings. The molecule has 29 nitrogen and oxygen atoms in total. The van der Waals surface area contributed by atoms with Crippen molar-refractivity contribution in [2.75, 3.05) is 119 Å². The predicted octanol–water partition coefficient (Wildman–Crippen LogP) is -1.99. The molecule has 5 amide bonds. The number of ether oxygens (including phenoxy) is 10. The first-order valence-corrected chi connectivity index (χ1v) is 31.4. The quantitative estimate of drug-likeness (QED) is 0.0294. The fraction of sp³-hybridized carbons (Fsp3) is 0.915. The number of carbonyl (C=O) groups excluding carboxylic acids is 5. The summed E-state index contributed by atoms with van der Waals surface area (Å²) in [5.74, 6) is -2.19. The normalized spacial score (nSPS) is 27.8. The lowest BCUT2D eigenvalue weighted by atomic mass is 9.92. The van der Waals surface area contributed by atoms with Crippen LogP contribution in [0.5, 0.6) is 0 Å². The van der Waals surface area contributed by atoms with Crippen molar-refractivity contribution in [3.05, 3.63) is 0 Å². The van der Waals surface area contributed by atoms with Gasteiger partial charge in [0.2, 0.25) is 29.5 Å². The molecule has 3 heterocycles. The van der Waals surface area contributed by atoms with Crippen LogP contribution in [-0.2, 0) is 71.3 Å². The Morgan fingerprint density at radius 1 is 0.420 bits per heavy atom. The molecule has 29 heteroatoms. The molecule has 3 aliphatic heterocycles. The number of rotatable bonds is 45. The smallest absolute Gasteiger partial charge is 0.222 e. The van der Waals surface area contributed by atoms with Crippen LogP contribution in [0.25, 0.3) is 0 Å². The van der Waals surface area contributed by atoms with Crippen LogP contribution in [-0.4, -0.2) is 275 Å². The van der Waals surface area contributed by atoms with Crippen molar-refractivity contribution < 1.29 is 117 Å². The van der Waals surface area contributed by atoms with E-state index in [1.165, 1.54) is 0 Å². The highest BCUT2D eigenvalue weighted by Crippen LogP contribution is 2.29. The van der Waals surface area contributed by atoms with E-state index in [9.17, 15) is 69.9 Å². The summed E-state index contributed by atoms with van der Waals surface area (Å²) < 4.78 is 56.9.